The first-order valence-corrected chi connectivity index (χ1v) is 9.67. The minimum atomic E-state index is -0.836. The lowest BCUT2D eigenvalue weighted by molar-refractivity contribution is -0.137. The van der Waals surface area contributed by atoms with Crippen molar-refractivity contribution in [1.29, 1.82) is 0 Å². The van der Waals surface area contributed by atoms with Gasteiger partial charge in [0.05, 0.1) is 13.0 Å². The van der Waals surface area contributed by atoms with Crippen LogP contribution in [-0.4, -0.2) is 34.2 Å². The fraction of sp³-hybridized carbons (Fsp3) is 0.292. The lowest BCUT2D eigenvalue weighted by Gasteiger charge is -2.21. The van der Waals surface area contributed by atoms with E-state index in [1.54, 1.807) is 6.08 Å². The molecule has 4 heteroatoms. The molecule has 2 N–H and O–H groups in total. The Balaban J connectivity index is 2.07. The van der Waals surface area contributed by atoms with E-state index in [0.717, 1.165) is 18.4 Å². The Kier molecular flexibility index (Phi) is 9.02. The largest absolute Gasteiger partial charge is 0.511 e. The van der Waals surface area contributed by atoms with Crippen molar-refractivity contribution in [3.63, 3.8) is 0 Å². The van der Waals surface area contributed by atoms with Crippen LogP contribution < -0.4 is 0 Å². The van der Waals surface area contributed by atoms with Gasteiger partial charge in [0, 0.05) is 13.1 Å². The fourth-order valence-electron chi connectivity index (χ4n) is 2.99. The van der Waals surface area contributed by atoms with Crippen LogP contribution in [0.2, 0.25) is 0 Å². The van der Waals surface area contributed by atoms with Crippen LogP contribution in [0.15, 0.2) is 78.6 Å². The van der Waals surface area contributed by atoms with Crippen molar-refractivity contribution in [2.75, 3.05) is 13.1 Å². The van der Waals surface area contributed by atoms with Gasteiger partial charge in [0.1, 0.15) is 5.76 Å². The number of aliphatic hydroxyl groups is 1. The number of benzene rings is 2. The molecule has 28 heavy (non-hydrogen) atoms. The van der Waals surface area contributed by atoms with E-state index in [1.165, 1.54) is 11.1 Å². The number of allylic oxidation sites excluding steroid dienone is 3. The minimum absolute atomic E-state index is 0.0434. The van der Waals surface area contributed by atoms with Gasteiger partial charge in [0.15, 0.2) is 0 Å². The lowest BCUT2D eigenvalue weighted by atomic mass is 10.0. The molecule has 2 aromatic carbocycles. The van der Waals surface area contributed by atoms with E-state index in [1.807, 2.05) is 54.3 Å². The maximum atomic E-state index is 11.0. The van der Waals surface area contributed by atoms with Gasteiger partial charge in [0.25, 0.3) is 0 Å². The smallest absolute Gasteiger partial charge is 0.304 e. The average molecular weight is 380 g/mol. The normalized spacial score (nSPS) is 12.0. The van der Waals surface area contributed by atoms with E-state index in [9.17, 15) is 9.90 Å². The second-order valence-electron chi connectivity index (χ2n) is 6.83. The van der Waals surface area contributed by atoms with Crippen molar-refractivity contribution < 1.29 is 15.0 Å². The third kappa shape index (κ3) is 8.23. The summed E-state index contributed by atoms with van der Waals surface area (Å²) in [5.41, 5.74) is 3.58. The molecule has 0 heterocycles. The molecule has 0 spiro atoms. The molecule has 0 aliphatic heterocycles. The third-order valence-electron chi connectivity index (χ3n) is 4.34. The van der Waals surface area contributed by atoms with Crippen LogP contribution in [0, 0.1) is 0 Å². The Morgan fingerprint density at radius 1 is 1.00 bits per heavy atom. The Hall–Kier alpha value is -2.85. The van der Waals surface area contributed by atoms with Crippen LogP contribution in [0.4, 0.5) is 0 Å². The van der Waals surface area contributed by atoms with Crippen molar-refractivity contribution in [2.24, 2.45) is 0 Å². The Bertz CT molecular complexity index is 797. The SMILES string of the molecule is CC/C=C/C=C(\O)CN(CCC(=O)O)Cc1cccc(Cc2ccccc2)c1. The van der Waals surface area contributed by atoms with Gasteiger partial charge in [-0.15, -0.1) is 0 Å². The summed E-state index contributed by atoms with van der Waals surface area (Å²) in [6.45, 7) is 3.33. The van der Waals surface area contributed by atoms with Crippen LogP contribution >= 0.6 is 0 Å². The zero-order chi connectivity index (χ0) is 20.2. The highest BCUT2D eigenvalue weighted by Gasteiger charge is 2.11. The zero-order valence-corrected chi connectivity index (χ0v) is 16.4. The molecule has 2 rings (SSSR count). The number of rotatable bonds is 11. The summed E-state index contributed by atoms with van der Waals surface area (Å²) in [7, 11) is 0. The topological polar surface area (TPSA) is 60.8 Å². The fourth-order valence-corrected chi connectivity index (χ4v) is 2.99. The van der Waals surface area contributed by atoms with Gasteiger partial charge in [-0.2, -0.15) is 0 Å². The summed E-state index contributed by atoms with van der Waals surface area (Å²) in [6.07, 6.45) is 7.26. The van der Waals surface area contributed by atoms with Gasteiger partial charge >= 0.3 is 5.97 Å². The summed E-state index contributed by atoms with van der Waals surface area (Å²) in [5, 5.41) is 19.2. The molecule has 4 nitrogen and oxygen atoms in total. The van der Waals surface area contributed by atoms with Crippen LogP contribution in [0.3, 0.4) is 0 Å². The number of aliphatic hydroxyl groups excluding tert-OH is 1. The van der Waals surface area contributed by atoms with E-state index in [-0.39, 0.29) is 12.2 Å². The van der Waals surface area contributed by atoms with E-state index in [0.29, 0.717) is 19.6 Å². The predicted octanol–water partition coefficient (Wildman–Crippen LogP) is 4.96. The molecule has 0 fully saturated rings. The van der Waals surface area contributed by atoms with Crippen LogP contribution in [0.5, 0.6) is 0 Å². The molecule has 148 valence electrons. The van der Waals surface area contributed by atoms with Crippen molar-refractivity contribution in [1.82, 2.24) is 4.90 Å². The maximum Gasteiger partial charge on any atom is 0.304 e. The van der Waals surface area contributed by atoms with E-state index in [2.05, 4.69) is 24.3 Å². The molecule has 0 radical (unpaired) electrons. The second-order valence-corrected chi connectivity index (χ2v) is 6.83. The first-order chi connectivity index (χ1) is 13.6. The van der Waals surface area contributed by atoms with Gasteiger partial charge in [0.2, 0.25) is 0 Å². The molecular formula is C24H29NO3. The summed E-state index contributed by atoms with van der Waals surface area (Å²) >= 11 is 0. The van der Waals surface area contributed by atoms with Gasteiger partial charge in [-0.25, -0.2) is 0 Å². The van der Waals surface area contributed by atoms with E-state index >= 15 is 0 Å². The molecule has 0 atom stereocenters. The summed E-state index contributed by atoms with van der Waals surface area (Å²) in [5.74, 6) is -0.604. The summed E-state index contributed by atoms with van der Waals surface area (Å²) < 4.78 is 0. The van der Waals surface area contributed by atoms with Crippen molar-refractivity contribution >= 4 is 5.97 Å². The standard InChI is InChI=1S/C24H29NO3/c1-2-3-5-13-23(26)19-25(15-14-24(27)28)18-22-12-8-11-21(17-22)16-20-9-6-4-7-10-20/h3-13,17,26H,2,14-16,18-19H2,1H3,(H,27,28)/b5-3+,23-13-. The molecule has 0 saturated carbocycles. The first kappa shape index (κ1) is 21.5. The maximum absolute atomic E-state index is 11.0. The molecule has 0 amide bonds. The van der Waals surface area contributed by atoms with E-state index < -0.39 is 5.97 Å². The molecule has 0 aliphatic carbocycles. The van der Waals surface area contributed by atoms with Crippen molar-refractivity contribution in [3.05, 3.63) is 95.3 Å². The van der Waals surface area contributed by atoms with Gasteiger partial charge in [-0.3, -0.25) is 9.69 Å². The molecular weight excluding hydrogens is 350 g/mol. The number of carbonyl (C=O) groups is 1. The number of hydrogen-bond donors (Lipinski definition) is 2. The summed E-state index contributed by atoms with van der Waals surface area (Å²) in [4.78, 5) is 13.0. The Labute approximate surface area is 167 Å². The number of aliphatic carboxylic acids is 1. The quantitative estimate of drug-likeness (QED) is 0.428. The molecule has 0 bridgehead atoms. The zero-order valence-electron chi connectivity index (χ0n) is 16.4. The second kappa shape index (κ2) is 11.8. The third-order valence-corrected chi connectivity index (χ3v) is 4.34. The monoisotopic (exact) mass is 379 g/mol. The first-order valence-electron chi connectivity index (χ1n) is 9.67. The van der Waals surface area contributed by atoms with Gasteiger partial charge in [-0.1, -0.05) is 73.7 Å². The minimum Gasteiger partial charge on any atom is -0.511 e. The Morgan fingerprint density at radius 3 is 2.43 bits per heavy atom. The van der Waals surface area contributed by atoms with Crippen LogP contribution in [-0.2, 0) is 17.8 Å². The van der Waals surface area contributed by atoms with Crippen molar-refractivity contribution in [2.45, 2.75) is 32.7 Å². The van der Waals surface area contributed by atoms with Gasteiger partial charge in [-0.05, 0) is 35.6 Å². The molecule has 0 saturated heterocycles. The predicted molar refractivity (Wildman–Crippen MR) is 113 cm³/mol. The highest BCUT2D eigenvalue weighted by atomic mass is 16.4. The van der Waals surface area contributed by atoms with E-state index in [4.69, 9.17) is 5.11 Å². The number of nitrogens with zero attached hydrogens (tertiary/aromatic N) is 1. The van der Waals surface area contributed by atoms with Gasteiger partial charge < -0.3 is 10.2 Å². The highest BCUT2D eigenvalue weighted by Crippen LogP contribution is 2.14. The van der Waals surface area contributed by atoms with Crippen molar-refractivity contribution in [3.8, 4) is 0 Å². The number of carboxylic acid groups (broad SMARTS) is 1. The molecule has 0 unspecified atom stereocenters. The average Bonchev–Trinajstić information content (AvgIpc) is 2.67. The Morgan fingerprint density at radius 2 is 1.71 bits per heavy atom. The highest BCUT2D eigenvalue weighted by molar-refractivity contribution is 5.66. The summed E-state index contributed by atoms with van der Waals surface area (Å²) in [6, 6.07) is 18.6. The molecule has 0 aliphatic rings. The van der Waals surface area contributed by atoms with Crippen LogP contribution in [0.25, 0.3) is 0 Å². The molecule has 0 aromatic heterocycles. The number of hydrogen-bond acceptors (Lipinski definition) is 3. The van der Waals surface area contributed by atoms with Crippen LogP contribution in [0.1, 0.15) is 36.5 Å². The lowest BCUT2D eigenvalue weighted by Crippen LogP contribution is -2.28. The molecule has 2 aromatic rings. The number of carboxylic acids is 1.